The van der Waals surface area contributed by atoms with Crippen LogP contribution in [0.15, 0.2) is 88.4 Å². The van der Waals surface area contributed by atoms with Gasteiger partial charge in [-0.2, -0.15) is 8.42 Å². The lowest BCUT2D eigenvalue weighted by Gasteiger charge is -2.10. The number of para-hydroxylation sites is 1. The molecule has 1 heterocycles. The fraction of sp³-hybridized carbons (Fsp3) is 0.0833. The molecule has 0 saturated carbocycles. The molecule has 0 unspecified atom stereocenters. The van der Waals surface area contributed by atoms with Gasteiger partial charge >= 0.3 is 16.1 Å². The molecule has 0 atom stereocenters. The van der Waals surface area contributed by atoms with Crippen LogP contribution in [0.2, 0.25) is 0 Å². The van der Waals surface area contributed by atoms with Gasteiger partial charge in [0.2, 0.25) is 5.90 Å². The molecule has 0 aromatic heterocycles. The Kier molecular flexibility index (Phi) is 5.79. The minimum atomic E-state index is -4.10. The number of carbonyl (C=O) groups is 1. The molecule has 0 amide bonds. The maximum Gasteiger partial charge on any atom is 0.363 e. The van der Waals surface area contributed by atoms with Crippen LogP contribution in [0.3, 0.4) is 0 Å². The Labute approximate surface area is 185 Å². The van der Waals surface area contributed by atoms with Crippen LogP contribution in [-0.4, -0.2) is 27.4 Å². The molecule has 7 nitrogen and oxygen atoms in total. The number of nitrogens with zero attached hydrogens (tertiary/aromatic N) is 1. The molecule has 3 aromatic carbocycles. The van der Waals surface area contributed by atoms with Crippen molar-refractivity contribution in [3.63, 3.8) is 0 Å². The number of methoxy groups -OCH3 is 1. The van der Waals surface area contributed by atoms with E-state index in [1.807, 2.05) is 25.1 Å². The standard InChI is InChI=1S/C24H19NO6S/c1-16-6-5-8-18(14-16)23-25-21(24(26)30-23)15-17-7-3-4-9-22(17)31-32(27,28)20-12-10-19(29-2)11-13-20/h3-15H,1-2H3/b21-15+. The molecule has 0 spiro atoms. The maximum absolute atomic E-state index is 12.7. The summed E-state index contributed by atoms with van der Waals surface area (Å²) in [5.74, 6) is 0.141. The molecule has 1 aliphatic heterocycles. The molecule has 0 fully saturated rings. The van der Waals surface area contributed by atoms with Crippen molar-refractivity contribution in [2.75, 3.05) is 7.11 Å². The Morgan fingerprint density at radius 1 is 0.969 bits per heavy atom. The van der Waals surface area contributed by atoms with Crippen LogP contribution in [0, 0.1) is 6.92 Å². The predicted octanol–water partition coefficient (Wildman–Crippen LogP) is 4.12. The first-order valence-electron chi connectivity index (χ1n) is 9.63. The van der Waals surface area contributed by atoms with Crippen LogP contribution < -0.4 is 8.92 Å². The summed E-state index contributed by atoms with van der Waals surface area (Å²) in [5, 5.41) is 0. The van der Waals surface area contributed by atoms with Crippen LogP contribution >= 0.6 is 0 Å². The Hall–Kier alpha value is -3.91. The van der Waals surface area contributed by atoms with Crippen molar-refractivity contribution >= 4 is 28.1 Å². The van der Waals surface area contributed by atoms with E-state index in [0.717, 1.165) is 5.56 Å². The summed E-state index contributed by atoms with van der Waals surface area (Å²) in [4.78, 5) is 16.6. The fourth-order valence-corrected chi connectivity index (χ4v) is 4.00. The van der Waals surface area contributed by atoms with Gasteiger partial charge in [-0.05, 0) is 55.5 Å². The quantitative estimate of drug-likeness (QED) is 0.319. The van der Waals surface area contributed by atoms with E-state index in [2.05, 4.69) is 4.99 Å². The average molecular weight is 449 g/mol. The SMILES string of the molecule is COc1ccc(S(=O)(=O)Oc2ccccc2/C=C2/N=C(c3cccc(C)c3)OC2=O)cc1. The number of aliphatic imine (C=N–C) groups is 1. The van der Waals surface area contributed by atoms with Crippen molar-refractivity contribution in [2.45, 2.75) is 11.8 Å². The van der Waals surface area contributed by atoms with E-state index in [0.29, 0.717) is 16.9 Å². The highest BCUT2D eigenvalue weighted by Gasteiger charge is 2.25. The molecular weight excluding hydrogens is 430 g/mol. The monoisotopic (exact) mass is 449 g/mol. The topological polar surface area (TPSA) is 91.3 Å². The summed E-state index contributed by atoms with van der Waals surface area (Å²) in [7, 11) is -2.61. The number of hydrogen-bond acceptors (Lipinski definition) is 7. The Morgan fingerprint density at radius 3 is 2.44 bits per heavy atom. The molecule has 32 heavy (non-hydrogen) atoms. The zero-order chi connectivity index (χ0) is 22.7. The van der Waals surface area contributed by atoms with Gasteiger partial charge in [0.1, 0.15) is 16.4 Å². The zero-order valence-corrected chi connectivity index (χ0v) is 18.1. The van der Waals surface area contributed by atoms with Crippen LogP contribution in [-0.2, 0) is 19.6 Å². The highest BCUT2D eigenvalue weighted by molar-refractivity contribution is 7.87. The first-order chi connectivity index (χ1) is 15.4. The maximum atomic E-state index is 12.7. The van der Waals surface area contributed by atoms with Crippen molar-refractivity contribution in [1.29, 1.82) is 0 Å². The van der Waals surface area contributed by atoms with E-state index < -0.39 is 16.1 Å². The van der Waals surface area contributed by atoms with E-state index in [1.54, 1.807) is 24.3 Å². The molecule has 0 saturated heterocycles. The molecule has 0 bridgehead atoms. The molecule has 0 aliphatic carbocycles. The van der Waals surface area contributed by atoms with Crippen molar-refractivity contribution in [3.8, 4) is 11.5 Å². The first-order valence-corrected chi connectivity index (χ1v) is 11.0. The first kappa shape index (κ1) is 21.3. The second-order valence-corrected chi connectivity index (χ2v) is 8.50. The van der Waals surface area contributed by atoms with Gasteiger partial charge in [-0.25, -0.2) is 9.79 Å². The Morgan fingerprint density at radius 2 is 1.72 bits per heavy atom. The second kappa shape index (κ2) is 8.68. The van der Waals surface area contributed by atoms with Gasteiger partial charge in [0, 0.05) is 11.1 Å². The molecule has 0 N–H and O–H groups in total. The lowest BCUT2D eigenvalue weighted by atomic mass is 10.1. The Bertz CT molecular complexity index is 1340. The summed E-state index contributed by atoms with van der Waals surface area (Å²) in [6, 6.07) is 19.7. The number of carbonyl (C=O) groups excluding carboxylic acids is 1. The summed E-state index contributed by atoms with van der Waals surface area (Å²) in [6.45, 7) is 1.93. The predicted molar refractivity (Wildman–Crippen MR) is 119 cm³/mol. The summed E-state index contributed by atoms with van der Waals surface area (Å²) >= 11 is 0. The van der Waals surface area contributed by atoms with Gasteiger partial charge in [-0.15, -0.1) is 0 Å². The van der Waals surface area contributed by atoms with Gasteiger partial charge < -0.3 is 13.7 Å². The van der Waals surface area contributed by atoms with Crippen LogP contribution in [0.25, 0.3) is 6.08 Å². The lowest BCUT2D eigenvalue weighted by Crippen LogP contribution is -2.10. The van der Waals surface area contributed by atoms with Gasteiger partial charge in [-0.3, -0.25) is 0 Å². The van der Waals surface area contributed by atoms with Crippen molar-refractivity contribution < 1.29 is 26.9 Å². The van der Waals surface area contributed by atoms with Crippen molar-refractivity contribution in [3.05, 3.63) is 95.2 Å². The number of ether oxygens (including phenoxy) is 2. The van der Waals surface area contributed by atoms with E-state index in [4.69, 9.17) is 13.7 Å². The number of esters is 1. The van der Waals surface area contributed by atoms with Gasteiger partial charge in [-0.1, -0.05) is 35.9 Å². The van der Waals surface area contributed by atoms with E-state index in [9.17, 15) is 13.2 Å². The third-order valence-corrected chi connectivity index (χ3v) is 5.89. The normalized spacial score (nSPS) is 14.8. The smallest absolute Gasteiger partial charge is 0.363 e. The lowest BCUT2D eigenvalue weighted by molar-refractivity contribution is -0.129. The number of aryl methyl sites for hydroxylation is 1. The highest BCUT2D eigenvalue weighted by Crippen LogP contribution is 2.28. The summed E-state index contributed by atoms with van der Waals surface area (Å²) in [6.07, 6.45) is 1.43. The minimum absolute atomic E-state index is 0.0270. The van der Waals surface area contributed by atoms with Gasteiger partial charge in [0.25, 0.3) is 0 Å². The molecule has 162 valence electrons. The van der Waals surface area contributed by atoms with Crippen molar-refractivity contribution in [2.24, 2.45) is 4.99 Å². The van der Waals surface area contributed by atoms with E-state index >= 15 is 0 Å². The number of hydrogen-bond donors (Lipinski definition) is 0. The average Bonchev–Trinajstić information content (AvgIpc) is 3.15. The third-order valence-electron chi connectivity index (χ3n) is 4.64. The van der Waals surface area contributed by atoms with Crippen LogP contribution in [0.5, 0.6) is 11.5 Å². The fourth-order valence-electron chi connectivity index (χ4n) is 3.04. The van der Waals surface area contributed by atoms with Crippen LogP contribution in [0.1, 0.15) is 16.7 Å². The minimum Gasteiger partial charge on any atom is -0.497 e. The molecule has 0 radical (unpaired) electrons. The van der Waals surface area contributed by atoms with E-state index in [-0.39, 0.29) is 22.2 Å². The van der Waals surface area contributed by atoms with Gasteiger partial charge in [0.05, 0.1) is 7.11 Å². The number of rotatable bonds is 6. The number of benzene rings is 3. The van der Waals surface area contributed by atoms with Crippen molar-refractivity contribution in [1.82, 2.24) is 0 Å². The Balaban J connectivity index is 1.65. The number of cyclic esters (lactones) is 1. The highest BCUT2D eigenvalue weighted by atomic mass is 32.2. The summed E-state index contributed by atoms with van der Waals surface area (Å²) < 4.78 is 41.1. The molecule has 1 aliphatic rings. The molecular formula is C24H19NO6S. The molecule has 3 aromatic rings. The van der Waals surface area contributed by atoms with Gasteiger partial charge in [0.15, 0.2) is 5.70 Å². The molecule has 8 heteroatoms. The summed E-state index contributed by atoms with van der Waals surface area (Å²) in [5.41, 5.74) is 2.08. The molecule has 4 rings (SSSR count). The van der Waals surface area contributed by atoms with E-state index in [1.165, 1.54) is 43.5 Å². The third kappa shape index (κ3) is 4.55. The second-order valence-electron chi connectivity index (χ2n) is 6.96. The zero-order valence-electron chi connectivity index (χ0n) is 17.3. The van der Waals surface area contributed by atoms with Crippen LogP contribution in [0.4, 0.5) is 0 Å². The largest absolute Gasteiger partial charge is 0.497 e.